The van der Waals surface area contributed by atoms with E-state index in [9.17, 15) is 26.8 Å². The van der Waals surface area contributed by atoms with Crippen LogP contribution in [0.3, 0.4) is 0 Å². The standard InChI is InChI=1S/C29H32ClF2N3O4S/c1-4-20(3)33-29(37)27(5-2)34(18-21-11-13-22(31)14-12-21)28(36)19-35(23-15-16-26(32)25(30)17-23)40(38,39)24-9-7-6-8-10-24/h6-17,20,27H,4-5,18-19H2,1-3H3,(H,33,37)/t20-,27-/m1/s1. The minimum atomic E-state index is -4.31. The van der Waals surface area contributed by atoms with Crippen molar-refractivity contribution < 1.29 is 26.8 Å². The lowest BCUT2D eigenvalue weighted by atomic mass is 10.1. The first kappa shape index (κ1) is 31.0. The molecule has 40 heavy (non-hydrogen) atoms. The second-order valence-corrected chi connectivity index (χ2v) is 11.6. The van der Waals surface area contributed by atoms with E-state index >= 15 is 0 Å². The second kappa shape index (κ2) is 13.7. The maximum atomic E-state index is 14.0. The lowest BCUT2D eigenvalue weighted by molar-refractivity contribution is -0.140. The van der Waals surface area contributed by atoms with E-state index in [0.717, 1.165) is 16.4 Å². The van der Waals surface area contributed by atoms with Crippen molar-refractivity contribution in [1.29, 1.82) is 0 Å². The third-order valence-electron chi connectivity index (χ3n) is 6.45. The third kappa shape index (κ3) is 7.57. The van der Waals surface area contributed by atoms with Gasteiger partial charge in [0.15, 0.2) is 0 Å². The van der Waals surface area contributed by atoms with E-state index in [-0.39, 0.29) is 34.6 Å². The Hall–Kier alpha value is -3.50. The van der Waals surface area contributed by atoms with Crippen molar-refractivity contribution >= 4 is 39.1 Å². The van der Waals surface area contributed by atoms with Gasteiger partial charge in [-0.2, -0.15) is 0 Å². The Bertz CT molecular complexity index is 1420. The molecule has 0 heterocycles. The first-order valence-electron chi connectivity index (χ1n) is 12.8. The Morgan fingerprint density at radius 3 is 2.17 bits per heavy atom. The zero-order valence-corrected chi connectivity index (χ0v) is 24.1. The van der Waals surface area contributed by atoms with Gasteiger partial charge in [0.25, 0.3) is 10.0 Å². The van der Waals surface area contributed by atoms with Gasteiger partial charge in [-0.25, -0.2) is 17.2 Å². The summed E-state index contributed by atoms with van der Waals surface area (Å²) in [6.07, 6.45) is 0.908. The van der Waals surface area contributed by atoms with Crippen molar-refractivity contribution in [3.05, 3.63) is 95.0 Å². The molecule has 0 bridgehead atoms. The third-order valence-corrected chi connectivity index (χ3v) is 8.53. The minimum Gasteiger partial charge on any atom is -0.352 e. The van der Waals surface area contributed by atoms with Crippen LogP contribution in [0, 0.1) is 11.6 Å². The van der Waals surface area contributed by atoms with Crippen LogP contribution in [-0.4, -0.2) is 43.8 Å². The van der Waals surface area contributed by atoms with Crippen molar-refractivity contribution in [3.8, 4) is 0 Å². The van der Waals surface area contributed by atoms with Crippen LogP contribution in [0.25, 0.3) is 0 Å². The van der Waals surface area contributed by atoms with E-state index in [2.05, 4.69) is 5.32 Å². The number of rotatable bonds is 12. The minimum absolute atomic E-state index is 0.0255. The summed E-state index contributed by atoms with van der Waals surface area (Å²) in [6.45, 7) is 4.71. The van der Waals surface area contributed by atoms with Gasteiger partial charge in [-0.05, 0) is 67.8 Å². The SMILES string of the molecule is CC[C@@H](C)NC(=O)[C@@H](CC)N(Cc1ccc(F)cc1)C(=O)CN(c1ccc(F)c(Cl)c1)S(=O)(=O)c1ccccc1. The number of halogens is 3. The molecule has 0 aliphatic rings. The van der Waals surface area contributed by atoms with Crippen LogP contribution in [0.15, 0.2) is 77.7 Å². The molecule has 11 heteroatoms. The smallest absolute Gasteiger partial charge is 0.264 e. The quantitative estimate of drug-likeness (QED) is 0.300. The summed E-state index contributed by atoms with van der Waals surface area (Å²) >= 11 is 5.97. The molecule has 214 valence electrons. The zero-order chi connectivity index (χ0) is 29.4. The van der Waals surface area contributed by atoms with Crippen LogP contribution < -0.4 is 9.62 Å². The lowest BCUT2D eigenvalue weighted by Crippen LogP contribution is -2.53. The van der Waals surface area contributed by atoms with Crippen molar-refractivity contribution in [1.82, 2.24) is 10.2 Å². The Balaban J connectivity index is 2.06. The van der Waals surface area contributed by atoms with E-state index < -0.39 is 46.1 Å². The van der Waals surface area contributed by atoms with E-state index in [1.54, 1.807) is 13.0 Å². The van der Waals surface area contributed by atoms with Gasteiger partial charge in [-0.15, -0.1) is 0 Å². The molecule has 3 aromatic rings. The van der Waals surface area contributed by atoms with Crippen LogP contribution in [0.4, 0.5) is 14.5 Å². The molecule has 0 saturated heterocycles. The van der Waals surface area contributed by atoms with Gasteiger partial charge < -0.3 is 10.2 Å². The normalized spacial score (nSPS) is 12.8. The number of hydrogen-bond acceptors (Lipinski definition) is 4. The molecule has 0 fully saturated rings. The van der Waals surface area contributed by atoms with Gasteiger partial charge >= 0.3 is 0 Å². The number of anilines is 1. The van der Waals surface area contributed by atoms with Gasteiger partial charge in [0.1, 0.15) is 24.2 Å². The summed E-state index contributed by atoms with van der Waals surface area (Å²) in [6, 6.07) is 15.2. The number of nitrogens with one attached hydrogen (secondary N) is 1. The summed E-state index contributed by atoms with van der Waals surface area (Å²) in [7, 11) is -4.31. The fourth-order valence-corrected chi connectivity index (χ4v) is 5.64. The number of carbonyl (C=O) groups is 2. The molecule has 0 unspecified atom stereocenters. The molecule has 3 aromatic carbocycles. The Kier molecular flexibility index (Phi) is 10.6. The molecule has 0 aliphatic carbocycles. The molecule has 3 rings (SSSR count). The molecule has 0 aliphatic heterocycles. The summed E-state index contributed by atoms with van der Waals surface area (Å²) in [4.78, 5) is 28.4. The second-order valence-electron chi connectivity index (χ2n) is 9.31. The van der Waals surface area contributed by atoms with Gasteiger partial charge in [0.05, 0.1) is 15.6 Å². The van der Waals surface area contributed by atoms with Crippen LogP contribution in [-0.2, 0) is 26.2 Å². The molecule has 7 nitrogen and oxygen atoms in total. The molecule has 0 saturated carbocycles. The van der Waals surface area contributed by atoms with Gasteiger partial charge in [-0.1, -0.05) is 55.8 Å². The van der Waals surface area contributed by atoms with Crippen molar-refractivity contribution in [2.24, 2.45) is 0 Å². The topological polar surface area (TPSA) is 86.8 Å². The first-order valence-corrected chi connectivity index (χ1v) is 14.7. The first-order chi connectivity index (χ1) is 19.0. The number of benzene rings is 3. The van der Waals surface area contributed by atoms with Gasteiger partial charge in [0.2, 0.25) is 11.8 Å². The average Bonchev–Trinajstić information content (AvgIpc) is 2.94. The molecule has 1 N–H and O–H groups in total. The number of sulfonamides is 1. The predicted octanol–water partition coefficient (Wildman–Crippen LogP) is 5.54. The fourth-order valence-electron chi connectivity index (χ4n) is 4.04. The molecular weight excluding hydrogens is 560 g/mol. The Morgan fingerprint density at radius 2 is 1.60 bits per heavy atom. The monoisotopic (exact) mass is 591 g/mol. The van der Waals surface area contributed by atoms with E-state index in [1.165, 1.54) is 59.5 Å². The molecule has 2 atom stereocenters. The Morgan fingerprint density at radius 1 is 0.950 bits per heavy atom. The highest BCUT2D eigenvalue weighted by atomic mass is 35.5. The highest BCUT2D eigenvalue weighted by Gasteiger charge is 2.34. The van der Waals surface area contributed by atoms with Crippen molar-refractivity contribution in [3.63, 3.8) is 0 Å². The predicted molar refractivity (Wildman–Crippen MR) is 151 cm³/mol. The summed E-state index contributed by atoms with van der Waals surface area (Å²) in [5, 5.41) is 2.56. The molecular formula is C29H32ClF2N3O4S. The average molecular weight is 592 g/mol. The van der Waals surface area contributed by atoms with Crippen LogP contribution in [0.1, 0.15) is 39.2 Å². The van der Waals surface area contributed by atoms with Gasteiger partial charge in [-0.3, -0.25) is 13.9 Å². The maximum absolute atomic E-state index is 14.0. The zero-order valence-electron chi connectivity index (χ0n) is 22.5. The number of carbonyl (C=O) groups excluding carboxylic acids is 2. The lowest BCUT2D eigenvalue weighted by Gasteiger charge is -2.33. The molecule has 0 spiro atoms. The number of nitrogens with zero attached hydrogens (tertiary/aromatic N) is 2. The van der Waals surface area contributed by atoms with Crippen LogP contribution >= 0.6 is 11.6 Å². The number of amides is 2. The fraction of sp³-hybridized carbons (Fsp3) is 0.310. The van der Waals surface area contributed by atoms with Crippen molar-refractivity contribution in [2.75, 3.05) is 10.8 Å². The molecule has 2 amide bonds. The van der Waals surface area contributed by atoms with Gasteiger partial charge in [0, 0.05) is 12.6 Å². The Labute approximate surface area is 238 Å². The van der Waals surface area contributed by atoms with Crippen molar-refractivity contribution in [2.45, 2.75) is 57.1 Å². The molecule has 0 radical (unpaired) electrons. The highest BCUT2D eigenvalue weighted by molar-refractivity contribution is 7.92. The summed E-state index contributed by atoms with van der Waals surface area (Å²) in [5.74, 6) is -2.29. The van der Waals surface area contributed by atoms with E-state index in [0.29, 0.717) is 12.0 Å². The summed E-state index contributed by atoms with van der Waals surface area (Å²) in [5.41, 5.74) is 0.522. The highest BCUT2D eigenvalue weighted by Crippen LogP contribution is 2.28. The summed E-state index contributed by atoms with van der Waals surface area (Å²) < 4.78 is 55.9. The van der Waals surface area contributed by atoms with E-state index in [4.69, 9.17) is 11.6 Å². The largest absolute Gasteiger partial charge is 0.352 e. The van der Waals surface area contributed by atoms with Crippen LogP contribution in [0.2, 0.25) is 5.02 Å². The maximum Gasteiger partial charge on any atom is 0.264 e. The molecule has 0 aromatic heterocycles. The van der Waals surface area contributed by atoms with Crippen LogP contribution in [0.5, 0.6) is 0 Å². The van der Waals surface area contributed by atoms with E-state index in [1.807, 2.05) is 13.8 Å². The number of hydrogen-bond donors (Lipinski definition) is 1.